The molecule has 0 aliphatic carbocycles. The van der Waals surface area contributed by atoms with E-state index >= 15 is 0 Å². The number of nitrogens with zero attached hydrogens (tertiary/aromatic N) is 1. The van der Waals surface area contributed by atoms with E-state index in [1.54, 1.807) is 0 Å². The van der Waals surface area contributed by atoms with Crippen molar-refractivity contribution in [2.45, 2.75) is 52.5 Å². The molecule has 0 saturated carbocycles. The van der Waals surface area contributed by atoms with Crippen molar-refractivity contribution < 1.29 is 4.79 Å². The number of hydrogen-bond donors (Lipinski definition) is 2. The predicted molar refractivity (Wildman–Crippen MR) is 84.8 cm³/mol. The molecule has 1 aliphatic rings. The van der Waals surface area contributed by atoms with Crippen molar-refractivity contribution in [3.63, 3.8) is 0 Å². The van der Waals surface area contributed by atoms with Crippen LogP contribution in [0.25, 0.3) is 0 Å². The van der Waals surface area contributed by atoms with Gasteiger partial charge in [-0.05, 0) is 71.1 Å². The first-order valence-corrected chi connectivity index (χ1v) is 8.17. The summed E-state index contributed by atoms with van der Waals surface area (Å²) in [5, 5.41) is 6.37. The lowest BCUT2D eigenvalue weighted by Gasteiger charge is -2.31. The van der Waals surface area contributed by atoms with Gasteiger partial charge in [0, 0.05) is 6.04 Å². The third kappa shape index (κ3) is 7.25. The lowest BCUT2D eigenvalue weighted by molar-refractivity contribution is -0.123. The van der Waals surface area contributed by atoms with Gasteiger partial charge in [-0.2, -0.15) is 0 Å². The van der Waals surface area contributed by atoms with Crippen LogP contribution in [-0.2, 0) is 4.79 Å². The molecule has 0 aromatic rings. The van der Waals surface area contributed by atoms with Crippen LogP contribution in [0.15, 0.2) is 0 Å². The fourth-order valence-corrected chi connectivity index (χ4v) is 2.82. The van der Waals surface area contributed by atoms with Crippen LogP contribution in [0.4, 0.5) is 0 Å². The second kappa shape index (κ2) is 9.35. The monoisotopic (exact) mass is 283 g/mol. The van der Waals surface area contributed by atoms with Crippen LogP contribution in [0, 0.1) is 11.8 Å². The summed E-state index contributed by atoms with van der Waals surface area (Å²) in [5.74, 6) is 1.68. The van der Waals surface area contributed by atoms with Crippen molar-refractivity contribution in [1.82, 2.24) is 15.5 Å². The number of rotatable bonds is 8. The fraction of sp³-hybridized carbons (Fsp3) is 0.938. The summed E-state index contributed by atoms with van der Waals surface area (Å²) in [6.45, 7) is 10.3. The Hall–Kier alpha value is -0.610. The summed E-state index contributed by atoms with van der Waals surface area (Å²) in [6, 6.07) is 0.298. The van der Waals surface area contributed by atoms with Crippen LogP contribution in [0.5, 0.6) is 0 Å². The summed E-state index contributed by atoms with van der Waals surface area (Å²) >= 11 is 0. The molecule has 1 amide bonds. The molecule has 0 radical (unpaired) electrons. The van der Waals surface area contributed by atoms with E-state index in [0.717, 1.165) is 32.0 Å². The first kappa shape index (κ1) is 17.4. The molecule has 0 aromatic carbocycles. The Morgan fingerprint density at radius 1 is 1.20 bits per heavy atom. The molecule has 0 aromatic heterocycles. The van der Waals surface area contributed by atoms with E-state index in [9.17, 15) is 4.79 Å². The zero-order chi connectivity index (χ0) is 15.0. The third-order valence-electron chi connectivity index (χ3n) is 4.15. The van der Waals surface area contributed by atoms with E-state index in [0.29, 0.717) is 18.5 Å². The van der Waals surface area contributed by atoms with Gasteiger partial charge in [0.15, 0.2) is 0 Å². The van der Waals surface area contributed by atoms with Gasteiger partial charge in [-0.15, -0.1) is 0 Å². The number of amides is 1. The molecule has 118 valence electrons. The van der Waals surface area contributed by atoms with Gasteiger partial charge in [0.1, 0.15) is 0 Å². The van der Waals surface area contributed by atoms with E-state index in [1.807, 2.05) is 7.05 Å². The van der Waals surface area contributed by atoms with Crippen LogP contribution >= 0.6 is 0 Å². The largest absolute Gasteiger partial charge is 0.353 e. The summed E-state index contributed by atoms with van der Waals surface area (Å²) < 4.78 is 0. The summed E-state index contributed by atoms with van der Waals surface area (Å²) in [6.07, 6.45) is 4.67. The van der Waals surface area contributed by atoms with E-state index in [-0.39, 0.29) is 5.91 Å². The Morgan fingerprint density at radius 3 is 2.40 bits per heavy atom. The number of likely N-dealkylation sites (tertiary alicyclic amines) is 1. The average molecular weight is 283 g/mol. The van der Waals surface area contributed by atoms with Gasteiger partial charge in [0.05, 0.1) is 6.54 Å². The molecule has 2 N–H and O–H groups in total. The number of nitrogens with one attached hydrogen (secondary N) is 2. The van der Waals surface area contributed by atoms with Crippen molar-refractivity contribution in [2.75, 3.05) is 33.2 Å². The zero-order valence-corrected chi connectivity index (χ0v) is 13.7. The molecular weight excluding hydrogens is 250 g/mol. The highest BCUT2D eigenvalue weighted by molar-refractivity contribution is 5.78. The minimum Gasteiger partial charge on any atom is -0.353 e. The second-order valence-corrected chi connectivity index (χ2v) is 6.72. The van der Waals surface area contributed by atoms with Crippen LogP contribution < -0.4 is 10.6 Å². The quantitative estimate of drug-likeness (QED) is 0.714. The van der Waals surface area contributed by atoms with Gasteiger partial charge < -0.3 is 10.6 Å². The van der Waals surface area contributed by atoms with E-state index < -0.39 is 0 Å². The minimum absolute atomic E-state index is 0.188. The third-order valence-corrected chi connectivity index (χ3v) is 4.15. The van der Waals surface area contributed by atoms with Crippen molar-refractivity contribution >= 4 is 5.91 Å². The summed E-state index contributed by atoms with van der Waals surface area (Å²) in [7, 11) is 2.01. The Kier molecular flexibility index (Phi) is 8.15. The number of carbonyl (C=O) groups is 1. The molecular formula is C16H33N3O. The SMILES string of the molecule is CNCC1CCN(CC(=O)NC(C)CCC(C)C)CC1. The first-order valence-electron chi connectivity index (χ1n) is 8.17. The number of hydrogen-bond acceptors (Lipinski definition) is 3. The molecule has 4 nitrogen and oxygen atoms in total. The maximum atomic E-state index is 12.0. The van der Waals surface area contributed by atoms with Crippen LogP contribution in [0.3, 0.4) is 0 Å². The molecule has 1 atom stereocenters. The van der Waals surface area contributed by atoms with Crippen molar-refractivity contribution in [3.05, 3.63) is 0 Å². The van der Waals surface area contributed by atoms with Crippen molar-refractivity contribution in [2.24, 2.45) is 11.8 Å². The molecule has 1 aliphatic heterocycles. The highest BCUT2D eigenvalue weighted by Gasteiger charge is 2.20. The Bertz CT molecular complexity index is 273. The highest BCUT2D eigenvalue weighted by atomic mass is 16.2. The van der Waals surface area contributed by atoms with Crippen molar-refractivity contribution in [1.29, 1.82) is 0 Å². The lowest BCUT2D eigenvalue weighted by atomic mass is 9.97. The van der Waals surface area contributed by atoms with Gasteiger partial charge in [0.25, 0.3) is 0 Å². The van der Waals surface area contributed by atoms with Crippen LogP contribution in [0.1, 0.15) is 46.5 Å². The molecule has 1 unspecified atom stereocenters. The standard InChI is InChI=1S/C16H33N3O/c1-13(2)5-6-14(3)18-16(20)12-19-9-7-15(8-10-19)11-17-4/h13-15,17H,5-12H2,1-4H3,(H,18,20). The molecule has 1 heterocycles. The van der Waals surface area contributed by atoms with Gasteiger partial charge in [-0.3, -0.25) is 9.69 Å². The van der Waals surface area contributed by atoms with Gasteiger partial charge in [-0.25, -0.2) is 0 Å². The Morgan fingerprint density at radius 2 is 1.85 bits per heavy atom. The van der Waals surface area contributed by atoms with Crippen LogP contribution in [0.2, 0.25) is 0 Å². The van der Waals surface area contributed by atoms with E-state index in [2.05, 4.69) is 36.3 Å². The molecule has 1 saturated heterocycles. The summed E-state index contributed by atoms with van der Waals surface area (Å²) in [4.78, 5) is 14.3. The van der Waals surface area contributed by atoms with Crippen LogP contribution in [-0.4, -0.2) is 50.1 Å². The second-order valence-electron chi connectivity index (χ2n) is 6.72. The van der Waals surface area contributed by atoms with Gasteiger partial charge >= 0.3 is 0 Å². The fourth-order valence-electron chi connectivity index (χ4n) is 2.82. The van der Waals surface area contributed by atoms with Crippen molar-refractivity contribution in [3.8, 4) is 0 Å². The van der Waals surface area contributed by atoms with E-state index in [1.165, 1.54) is 19.3 Å². The topological polar surface area (TPSA) is 44.4 Å². The smallest absolute Gasteiger partial charge is 0.234 e. The van der Waals surface area contributed by atoms with Gasteiger partial charge in [0.2, 0.25) is 5.91 Å². The summed E-state index contributed by atoms with van der Waals surface area (Å²) in [5.41, 5.74) is 0. The number of carbonyl (C=O) groups excluding carboxylic acids is 1. The maximum absolute atomic E-state index is 12.0. The number of piperidine rings is 1. The minimum atomic E-state index is 0.188. The van der Waals surface area contributed by atoms with E-state index in [4.69, 9.17) is 0 Å². The molecule has 0 spiro atoms. The molecule has 1 fully saturated rings. The Labute approximate surface area is 124 Å². The molecule has 4 heteroatoms. The predicted octanol–water partition coefficient (Wildman–Crippen LogP) is 1.86. The first-order chi connectivity index (χ1) is 9.51. The molecule has 20 heavy (non-hydrogen) atoms. The van der Waals surface area contributed by atoms with Gasteiger partial charge in [-0.1, -0.05) is 13.8 Å². The molecule has 1 rings (SSSR count). The highest BCUT2D eigenvalue weighted by Crippen LogP contribution is 2.15. The maximum Gasteiger partial charge on any atom is 0.234 e. The normalized spacial score (nSPS) is 19.2. The Balaban J connectivity index is 2.16. The average Bonchev–Trinajstić information content (AvgIpc) is 2.39. The zero-order valence-electron chi connectivity index (χ0n) is 13.7. The lowest BCUT2D eigenvalue weighted by Crippen LogP contribution is -2.44. The molecule has 0 bridgehead atoms.